The number of epoxide rings is 1. The van der Waals surface area contributed by atoms with E-state index in [1.807, 2.05) is 6.92 Å². The van der Waals surface area contributed by atoms with Gasteiger partial charge in [0, 0.05) is 6.61 Å². The van der Waals surface area contributed by atoms with Gasteiger partial charge < -0.3 is 9.84 Å². The molecule has 0 aliphatic carbocycles. The van der Waals surface area contributed by atoms with Crippen LogP contribution in [-0.2, 0) is 4.74 Å². The molecule has 0 atom stereocenters. The van der Waals surface area contributed by atoms with Crippen molar-refractivity contribution in [2.24, 2.45) is 0 Å². The third-order valence-electron chi connectivity index (χ3n) is 0.428. The molecule has 0 spiro atoms. The number of aliphatic hydroxyl groups excluding tert-OH is 1. The average molecular weight is 104 g/mol. The normalized spacial score (nSPS) is 14.6. The van der Waals surface area contributed by atoms with Gasteiger partial charge in [0.05, 0.1) is 13.2 Å². The summed E-state index contributed by atoms with van der Waals surface area (Å²) in [5, 5.41) is 7.88. The first-order chi connectivity index (χ1) is 3.41. The van der Waals surface area contributed by atoms with Crippen LogP contribution in [0.4, 0.5) is 0 Å². The van der Waals surface area contributed by atoms with Crippen LogP contribution in [0.5, 0.6) is 0 Å². The Labute approximate surface area is 44.1 Å². The van der Waals surface area contributed by atoms with E-state index in [1.165, 1.54) is 0 Å². The number of hydrogen-bond acceptors (Lipinski definition) is 2. The van der Waals surface area contributed by atoms with E-state index in [2.05, 4.69) is 4.74 Å². The summed E-state index contributed by atoms with van der Waals surface area (Å²) in [5.74, 6) is 0. The summed E-state index contributed by atoms with van der Waals surface area (Å²) in [4.78, 5) is 0. The molecular weight excluding hydrogens is 92.1 g/mol. The SMILES string of the molecule is C1CO1.CCCO. The number of hydrogen-bond donors (Lipinski definition) is 1. The van der Waals surface area contributed by atoms with Crippen LogP contribution < -0.4 is 0 Å². The number of ether oxygens (including phenoxy) is 1. The smallest absolute Gasteiger partial charge is 0.0701 e. The predicted octanol–water partition coefficient (Wildman–Crippen LogP) is 0.405. The van der Waals surface area contributed by atoms with E-state index in [1.54, 1.807) is 0 Å². The zero-order chi connectivity index (χ0) is 5.54. The van der Waals surface area contributed by atoms with Crippen LogP contribution in [0.2, 0.25) is 0 Å². The van der Waals surface area contributed by atoms with Gasteiger partial charge in [-0.05, 0) is 6.42 Å². The molecule has 1 rings (SSSR count). The zero-order valence-electron chi connectivity index (χ0n) is 4.68. The third kappa shape index (κ3) is 24.7. The fourth-order valence-electron chi connectivity index (χ4n) is 0. The first-order valence-electron chi connectivity index (χ1n) is 2.60. The lowest BCUT2D eigenvalue weighted by Gasteiger charge is -1.69. The maximum absolute atomic E-state index is 7.88. The molecule has 1 aliphatic heterocycles. The zero-order valence-corrected chi connectivity index (χ0v) is 4.68. The van der Waals surface area contributed by atoms with E-state index >= 15 is 0 Å². The average Bonchev–Trinajstić information content (AvgIpc) is 2.47. The predicted molar refractivity (Wildman–Crippen MR) is 28.2 cm³/mol. The summed E-state index contributed by atoms with van der Waals surface area (Å²) in [6.45, 7) is 4.25. The minimum Gasteiger partial charge on any atom is -0.396 e. The van der Waals surface area contributed by atoms with Gasteiger partial charge in [-0.2, -0.15) is 0 Å². The lowest BCUT2D eigenvalue weighted by Crippen LogP contribution is -1.69. The maximum atomic E-state index is 7.88. The van der Waals surface area contributed by atoms with Crippen molar-refractivity contribution >= 4 is 0 Å². The standard InChI is InChI=1S/C3H8O.C2H4O/c1-2-3-4;1-2-3-1/h4H,2-3H2,1H3;1-2H2. The molecule has 0 saturated carbocycles. The quantitative estimate of drug-likeness (QED) is 0.488. The van der Waals surface area contributed by atoms with Gasteiger partial charge in [0.1, 0.15) is 0 Å². The molecule has 1 saturated heterocycles. The minimum absolute atomic E-state index is 0.319. The molecule has 2 nitrogen and oxygen atoms in total. The molecule has 0 unspecified atom stereocenters. The second-order valence-corrected chi connectivity index (χ2v) is 1.34. The molecule has 1 heterocycles. The van der Waals surface area contributed by atoms with E-state index < -0.39 is 0 Å². The van der Waals surface area contributed by atoms with E-state index in [9.17, 15) is 0 Å². The molecule has 2 heteroatoms. The monoisotopic (exact) mass is 104 g/mol. The Morgan fingerprint density at radius 1 is 1.57 bits per heavy atom. The molecule has 0 aromatic rings. The lowest BCUT2D eigenvalue weighted by atomic mass is 10.5. The van der Waals surface area contributed by atoms with Crippen LogP contribution in [0.3, 0.4) is 0 Å². The molecule has 0 amide bonds. The van der Waals surface area contributed by atoms with Gasteiger partial charge in [0.15, 0.2) is 0 Å². The van der Waals surface area contributed by atoms with Gasteiger partial charge in [-0.15, -0.1) is 0 Å². The second kappa shape index (κ2) is 5.92. The van der Waals surface area contributed by atoms with Crippen molar-refractivity contribution in [2.45, 2.75) is 13.3 Å². The van der Waals surface area contributed by atoms with Crippen molar-refractivity contribution < 1.29 is 9.84 Å². The van der Waals surface area contributed by atoms with Crippen molar-refractivity contribution in [3.63, 3.8) is 0 Å². The fourth-order valence-corrected chi connectivity index (χ4v) is 0. The highest BCUT2D eigenvalue weighted by atomic mass is 16.6. The van der Waals surface area contributed by atoms with Crippen molar-refractivity contribution in [2.75, 3.05) is 19.8 Å². The lowest BCUT2D eigenvalue weighted by molar-refractivity contribution is 0.295. The maximum Gasteiger partial charge on any atom is 0.0701 e. The molecule has 0 bridgehead atoms. The van der Waals surface area contributed by atoms with E-state index in [0.29, 0.717) is 6.61 Å². The minimum atomic E-state index is 0.319. The first kappa shape index (κ1) is 6.92. The Morgan fingerprint density at radius 2 is 1.86 bits per heavy atom. The number of aliphatic hydroxyl groups is 1. The van der Waals surface area contributed by atoms with Crippen LogP contribution in [0.25, 0.3) is 0 Å². The van der Waals surface area contributed by atoms with Crippen LogP contribution in [0, 0.1) is 0 Å². The Morgan fingerprint density at radius 3 is 1.86 bits per heavy atom. The van der Waals surface area contributed by atoms with Crippen molar-refractivity contribution in [1.29, 1.82) is 0 Å². The van der Waals surface area contributed by atoms with Gasteiger partial charge in [0.2, 0.25) is 0 Å². The van der Waals surface area contributed by atoms with E-state index in [-0.39, 0.29) is 0 Å². The largest absolute Gasteiger partial charge is 0.396 e. The summed E-state index contributed by atoms with van der Waals surface area (Å²) in [7, 11) is 0. The van der Waals surface area contributed by atoms with Crippen molar-refractivity contribution in [3.8, 4) is 0 Å². The van der Waals surface area contributed by atoms with Crippen LogP contribution >= 0.6 is 0 Å². The highest BCUT2D eigenvalue weighted by Gasteiger charge is 1.94. The molecule has 1 N–H and O–H groups in total. The highest BCUT2D eigenvalue weighted by Crippen LogP contribution is 1.84. The summed E-state index contributed by atoms with van der Waals surface area (Å²) in [6.07, 6.45) is 0.875. The third-order valence-corrected chi connectivity index (χ3v) is 0.428. The summed E-state index contributed by atoms with van der Waals surface area (Å²) in [5.41, 5.74) is 0. The van der Waals surface area contributed by atoms with Crippen molar-refractivity contribution in [1.82, 2.24) is 0 Å². The summed E-state index contributed by atoms with van der Waals surface area (Å²) >= 11 is 0. The van der Waals surface area contributed by atoms with Gasteiger partial charge in [-0.3, -0.25) is 0 Å². The summed E-state index contributed by atoms with van der Waals surface area (Å²) in [6, 6.07) is 0. The Hall–Kier alpha value is -0.0800. The number of rotatable bonds is 1. The molecule has 44 valence electrons. The van der Waals surface area contributed by atoms with Crippen LogP contribution in [0.1, 0.15) is 13.3 Å². The molecule has 7 heavy (non-hydrogen) atoms. The van der Waals surface area contributed by atoms with Crippen LogP contribution in [-0.4, -0.2) is 24.9 Å². The fraction of sp³-hybridized carbons (Fsp3) is 1.00. The van der Waals surface area contributed by atoms with E-state index in [4.69, 9.17) is 5.11 Å². The second-order valence-electron chi connectivity index (χ2n) is 1.34. The molecule has 0 radical (unpaired) electrons. The Kier molecular flexibility index (Phi) is 5.85. The highest BCUT2D eigenvalue weighted by molar-refractivity contribution is 4.36. The van der Waals surface area contributed by atoms with Gasteiger partial charge in [-0.1, -0.05) is 6.92 Å². The van der Waals surface area contributed by atoms with Gasteiger partial charge >= 0.3 is 0 Å². The molecule has 0 aromatic heterocycles. The topological polar surface area (TPSA) is 32.8 Å². The van der Waals surface area contributed by atoms with Crippen LogP contribution in [0.15, 0.2) is 0 Å². The Bertz CT molecular complexity index is 22.5. The van der Waals surface area contributed by atoms with Gasteiger partial charge in [-0.25, -0.2) is 0 Å². The van der Waals surface area contributed by atoms with Gasteiger partial charge in [0.25, 0.3) is 0 Å². The summed E-state index contributed by atoms with van der Waals surface area (Å²) < 4.78 is 4.50. The molecule has 0 aromatic carbocycles. The van der Waals surface area contributed by atoms with Crippen molar-refractivity contribution in [3.05, 3.63) is 0 Å². The van der Waals surface area contributed by atoms with E-state index in [0.717, 1.165) is 19.6 Å². The molecule has 1 fully saturated rings. The molecular formula is C5H12O2. The first-order valence-corrected chi connectivity index (χ1v) is 2.60. The Balaban J connectivity index is 0.000000105. The molecule has 1 aliphatic rings.